The highest BCUT2D eigenvalue weighted by Gasteiger charge is 2.60. The van der Waals surface area contributed by atoms with Crippen LogP contribution in [0.4, 0.5) is 4.79 Å². The Morgan fingerprint density at radius 2 is 2.26 bits per heavy atom. The maximum absolute atomic E-state index is 13.1. The van der Waals surface area contributed by atoms with Gasteiger partial charge in [0, 0.05) is 13.1 Å². The van der Waals surface area contributed by atoms with Crippen molar-refractivity contribution in [3.63, 3.8) is 0 Å². The van der Waals surface area contributed by atoms with Crippen molar-refractivity contribution in [2.45, 2.75) is 37.3 Å². The lowest BCUT2D eigenvalue weighted by molar-refractivity contribution is -0.00780. The molecule has 2 saturated heterocycles. The number of hydrogen-bond acceptors (Lipinski definition) is 5. The molecule has 2 aromatic heterocycles. The second-order valence-corrected chi connectivity index (χ2v) is 6.65. The Bertz CT molecular complexity index is 714. The standard InChI is InChI=1S/C16H18N4O3/c21-15(19-7-5-12(19)14-17-10-23-18-14)20-8-4-11-3-6-16(11,20)13-2-1-9-22-13/h1-2,9-12H,3-8H2/t11-,12?,16-/m0/s1. The Morgan fingerprint density at radius 1 is 1.30 bits per heavy atom. The number of furan rings is 1. The number of likely N-dealkylation sites (tertiary alicyclic amines) is 2. The van der Waals surface area contributed by atoms with Crippen LogP contribution in [0.2, 0.25) is 0 Å². The van der Waals surface area contributed by atoms with Gasteiger partial charge in [0.25, 0.3) is 0 Å². The van der Waals surface area contributed by atoms with Crippen LogP contribution in [0.1, 0.15) is 43.3 Å². The normalized spacial score (nSPS) is 32.3. The molecular formula is C16H18N4O3. The minimum absolute atomic E-state index is 0.0611. The number of carbonyl (C=O) groups excluding carboxylic acids is 1. The van der Waals surface area contributed by atoms with Crippen molar-refractivity contribution in [3.05, 3.63) is 36.4 Å². The first kappa shape index (κ1) is 13.2. The summed E-state index contributed by atoms with van der Waals surface area (Å²) >= 11 is 0. The van der Waals surface area contributed by atoms with E-state index in [1.54, 1.807) is 6.26 Å². The summed E-state index contributed by atoms with van der Waals surface area (Å²) in [6, 6.07) is 3.93. The monoisotopic (exact) mass is 314 g/mol. The third-order valence-corrected chi connectivity index (χ3v) is 5.85. The third-order valence-electron chi connectivity index (χ3n) is 5.85. The summed E-state index contributed by atoms with van der Waals surface area (Å²) in [5, 5.41) is 3.90. The van der Waals surface area contributed by atoms with Crippen molar-refractivity contribution in [1.82, 2.24) is 19.9 Å². The van der Waals surface area contributed by atoms with Gasteiger partial charge in [-0.15, -0.1) is 0 Å². The summed E-state index contributed by atoms with van der Waals surface area (Å²) in [6.45, 7) is 1.53. The fraction of sp³-hybridized carbons (Fsp3) is 0.562. The summed E-state index contributed by atoms with van der Waals surface area (Å²) in [7, 11) is 0. The van der Waals surface area contributed by atoms with Gasteiger partial charge in [0.1, 0.15) is 11.3 Å². The molecule has 2 aliphatic heterocycles. The van der Waals surface area contributed by atoms with Gasteiger partial charge < -0.3 is 18.7 Å². The molecule has 2 amide bonds. The number of urea groups is 1. The van der Waals surface area contributed by atoms with Gasteiger partial charge >= 0.3 is 6.03 Å². The molecule has 4 heterocycles. The highest BCUT2D eigenvalue weighted by atomic mass is 16.5. The van der Waals surface area contributed by atoms with Crippen molar-refractivity contribution in [3.8, 4) is 0 Å². The average molecular weight is 314 g/mol. The average Bonchev–Trinajstić information content (AvgIpc) is 3.19. The Balaban J connectivity index is 1.44. The van der Waals surface area contributed by atoms with Gasteiger partial charge in [-0.25, -0.2) is 4.79 Å². The minimum atomic E-state index is -0.238. The van der Waals surface area contributed by atoms with Gasteiger partial charge in [-0.2, -0.15) is 4.98 Å². The van der Waals surface area contributed by atoms with E-state index in [-0.39, 0.29) is 17.6 Å². The molecule has 2 aromatic rings. The number of amides is 2. The van der Waals surface area contributed by atoms with E-state index in [4.69, 9.17) is 8.94 Å². The largest absolute Gasteiger partial charge is 0.467 e. The number of nitrogens with zero attached hydrogens (tertiary/aromatic N) is 4. The number of carbonyl (C=O) groups is 1. The highest BCUT2D eigenvalue weighted by Crippen LogP contribution is 2.57. The zero-order valence-electron chi connectivity index (χ0n) is 12.7. The summed E-state index contributed by atoms with van der Waals surface area (Å²) in [5.41, 5.74) is -0.238. The number of aromatic nitrogens is 2. The Morgan fingerprint density at radius 3 is 2.87 bits per heavy atom. The van der Waals surface area contributed by atoms with E-state index in [1.807, 2.05) is 21.9 Å². The lowest BCUT2D eigenvalue weighted by Gasteiger charge is -2.51. The van der Waals surface area contributed by atoms with E-state index in [0.29, 0.717) is 11.7 Å². The maximum atomic E-state index is 13.1. The molecule has 3 atom stereocenters. The van der Waals surface area contributed by atoms with Crippen LogP contribution >= 0.6 is 0 Å². The van der Waals surface area contributed by atoms with Crippen LogP contribution in [0.5, 0.6) is 0 Å². The van der Waals surface area contributed by atoms with Gasteiger partial charge in [0.05, 0.1) is 12.3 Å². The van der Waals surface area contributed by atoms with E-state index in [2.05, 4.69) is 10.1 Å². The summed E-state index contributed by atoms with van der Waals surface area (Å²) < 4.78 is 10.5. The van der Waals surface area contributed by atoms with E-state index in [1.165, 1.54) is 12.8 Å². The smallest absolute Gasteiger partial charge is 0.321 e. The van der Waals surface area contributed by atoms with Crippen LogP contribution in [0.3, 0.4) is 0 Å². The first-order valence-corrected chi connectivity index (χ1v) is 8.19. The van der Waals surface area contributed by atoms with Crippen molar-refractivity contribution in [2.75, 3.05) is 13.1 Å². The lowest BCUT2D eigenvalue weighted by atomic mass is 9.66. The Hall–Kier alpha value is -2.31. The van der Waals surface area contributed by atoms with E-state index in [0.717, 1.165) is 38.1 Å². The molecule has 3 aliphatic rings. The van der Waals surface area contributed by atoms with Gasteiger partial charge in [0.15, 0.2) is 5.82 Å². The maximum Gasteiger partial charge on any atom is 0.321 e. The first-order valence-electron chi connectivity index (χ1n) is 8.19. The van der Waals surface area contributed by atoms with Gasteiger partial charge in [-0.05, 0) is 43.7 Å². The molecule has 5 rings (SSSR count). The minimum Gasteiger partial charge on any atom is -0.467 e. The molecule has 1 aliphatic carbocycles. The van der Waals surface area contributed by atoms with Crippen LogP contribution in [0.25, 0.3) is 0 Å². The van der Waals surface area contributed by atoms with Crippen LogP contribution in [0.15, 0.2) is 33.7 Å². The van der Waals surface area contributed by atoms with Crippen LogP contribution < -0.4 is 0 Å². The third kappa shape index (κ3) is 1.62. The number of hydrogen-bond donors (Lipinski definition) is 0. The van der Waals surface area contributed by atoms with Crippen LogP contribution in [0, 0.1) is 5.92 Å². The predicted molar refractivity (Wildman–Crippen MR) is 78.2 cm³/mol. The molecule has 0 radical (unpaired) electrons. The number of rotatable bonds is 2. The molecule has 23 heavy (non-hydrogen) atoms. The second-order valence-electron chi connectivity index (χ2n) is 6.65. The van der Waals surface area contributed by atoms with Crippen molar-refractivity contribution in [2.24, 2.45) is 5.92 Å². The van der Waals surface area contributed by atoms with Gasteiger partial charge in [-0.1, -0.05) is 5.16 Å². The van der Waals surface area contributed by atoms with Crippen molar-refractivity contribution < 1.29 is 13.7 Å². The molecule has 0 spiro atoms. The van der Waals surface area contributed by atoms with Crippen LogP contribution in [-0.2, 0) is 5.54 Å². The fourth-order valence-corrected chi connectivity index (χ4v) is 4.46. The molecular weight excluding hydrogens is 296 g/mol. The van der Waals surface area contributed by atoms with Crippen molar-refractivity contribution >= 4 is 6.03 Å². The molecule has 0 aromatic carbocycles. The quantitative estimate of drug-likeness (QED) is 0.851. The SMILES string of the molecule is O=C(N1CCC1c1ncon1)N1CC[C@@H]2CC[C@@]21c1ccco1. The summed E-state index contributed by atoms with van der Waals surface area (Å²) in [6.07, 6.45) is 7.10. The molecule has 0 N–H and O–H groups in total. The summed E-state index contributed by atoms with van der Waals surface area (Å²) in [4.78, 5) is 21.1. The molecule has 3 fully saturated rings. The predicted octanol–water partition coefficient (Wildman–Crippen LogP) is 2.54. The van der Waals surface area contributed by atoms with Crippen molar-refractivity contribution in [1.29, 1.82) is 0 Å². The number of fused-ring (bicyclic) bond motifs is 1. The van der Waals surface area contributed by atoms with Gasteiger partial charge in [-0.3, -0.25) is 0 Å². The molecule has 7 nitrogen and oxygen atoms in total. The van der Waals surface area contributed by atoms with Gasteiger partial charge in [0.2, 0.25) is 6.39 Å². The zero-order valence-corrected chi connectivity index (χ0v) is 12.7. The highest BCUT2D eigenvalue weighted by molar-refractivity contribution is 5.77. The Labute approximate surface area is 133 Å². The Kier molecular flexibility index (Phi) is 2.63. The van der Waals surface area contributed by atoms with E-state index < -0.39 is 0 Å². The molecule has 1 unspecified atom stereocenters. The second kappa shape index (κ2) is 4.59. The molecule has 0 bridgehead atoms. The van der Waals surface area contributed by atoms with E-state index >= 15 is 0 Å². The topological polar surface area (TPSA) is 75.6 Å². The summed E-state index contributed by atoms with van der Waals surface area (Å²) in [5.74, 6) is 2.04. The zero-order chi connectivity index (χ0) is 15.4. The first-order chi connectivity index (χ1) is 11.3. The molecule has 1 saturated carbocycles. The lowest BCUT2D eigenvalue weighted by Crippen LogP contribution is -2.59. The molecule has 120 valence electrons. The van der Waals surface area contributed by atoms with E-state index in [9.17, 15) is 4.79 Å². The fourth-order valence-electron chi connectivity index (χ4n) is 4.46. The van der Waals surface area contributed by atoms with Crippen LogP contribution in [-0.4, -0.2) is 39.1 Å². The molecule has 7 heteroatoms.